The molecule has 23 heavy (non-hydrogen) atoms. The van der Waals surface area contributed by atoms with Crippen LogP contribution in [0.25, 0.3) is 10.5 Å². The van der Waals surface area contributed by atoms with Gasteiger partial charge in [0, 0.05) is 0 Å². The van der Waals surface area contributed by atoms with Crippen molar-refractivity contribution in [2.24, 2.45) is 5.14 Å². The first-order valence-electron chi connectivity index (χ1n) is 6.36. The highest BCUT2D eigenvalue weighted by atomic mass is 35.5. The Labute approximate surface area is 143 Å². The molecule has 0 saturated carbocycles. The number of hydrogen-bond donors (Lipinski definition) is 2. The zero-order valence-corrected chi connectivity index (χ0v) is 14.5. The van der Waals surface area contributed by atoms with Crippen molar-refractivity contribution >= 4 is 44.7 Å². The van der Waals surface area contributed by atoms with Crippen LogP contribution in [0.4, 0.5) is 11.5 Å². The molecule has 0 atom stereocenters. The normalized spacial score (nSPS) is 11.7. The highest BCUT2D eigenvalue weighted by Crippen LogP contribution is 2.38. The fraction of sp³-hybridized carbons (Fsp3) is 0.231. The monoisotopic (exact) mass is 373 g/mol. The maximum Gasteiger partial charge on any atom is 0.250 e. The number of rotatable bonds is 3. The fourth-order valence-corrected chi connectivity index (χ4v) is 3.36. The molecule has 1 aromatic heterocycles. The van der Waals surface area contributed by atoms with Crippen LogP contribution >= 0.6 is 23.2 Å². The highest BCUT2D eigenvalue weighted by Gasteiger charge is 2.23. The third-order valence-electron chi connectivity index (χ3n) is 3.11. The van der Waals surface area contributed by atoms with Crippen LogP contribution in [-0.2, 0) is 10.0 Å². The highest BCUT2D eigenvalue weighted by molar-refractivity contribution is 7.89. The average molecular weight is 374 g/mol. The van der Waals surface area contributed by atoms with Gasteiger partial charge in [-0.15, -0.1) is 0 Å². The van der Waals surface area contributed by atoms with Crippen LogP contribution in [0.15, 0.2) is 17.0 Å². The van der Waals surface area contributed by atoms with Crippen molar-refractivity contribution < 1.29 is 8.42 Å². The van der Waals surface area contributed by atoms with Crippen molar-refractivity contribution in [2.75, 3.05) is 5.73 Å². The van der Waals surface area contributed by atoms with E-state index in [1.54, 1.807) is 0 Å². The Hall–Kier alpha value is -1.79. The van der Waals surface area contributed by atoms with E-state index in [0.717, 1.165) is 12.1 Å². The number of primary sulfonamides is 1. The summed E-state index contributed by atoms with van der Waals surface area (Å²) < 4.78 is 24.1. The third-order valence-corrected chi connectivity index (χ3v) is 4.58. The van der Waals surface area contributed by atoms with Gasteiger partial charge < -0.3 is 5.73 Å². The fourth-order valence-electron chi connectivity index (χ4n) is 2.02. The predicted octanol–water partition coefficient (Wildman–Crippen LogP) is 3.08. The Bertz CT molecular complexity index is 906. The molecule has 0 saturated heterocycles. The van der Waals surface area contributed by atoms with E-state index < -0.39 is 10.0 Å². The van der Waals surface area contributed by atoms with E-state index in [9.17, 15) is 8.42 Å². The number of hydrogen-bond acceptors (Lipinski definition) is 4. The van der Waals surface area contributed by atoms with Gasteiger partial charge in [-0.05, 0) is 18.1 Å². The molecule has 1 heterocycles. The van der Waals surface area contributed by atoms with E-state index >= 15 is 0 Å². The van der Waals surface area contributed by atoms with Gasteiger partial charge in [0.05, 0.1) is 27.2 Å². The number of sulfonamides is 1. The maximum absolute atomic E-state index is 11.4. The first-order chi connectivity index (χ1) is 10.6. The van der Waals surface area contributed by atoms with E-state index in [0.29, 0.717) is 5.69 Å². The van der Waals surface area contributed by atoms with Gasteiger partial charge in [-0.2, -0.15) is 5.10 Å². The van der Waals surface area contributed by atoms with Crippen LogP contribution in [0.1, 0.15) is 25.5 Å². The average Bonchev–Trinajstić information content (AvgIpc) is 2.74. The lowest BCUT2D eigenvalue weighted by molar-refractivity contribution is 0.598. The number of aromatic nitrogens is 2. The number of nitrogens with two attached hydrogens (primary N) is 2. The third kappa shape index (κ3) is 3.14. The standard InChI is InChI=1S/C13H13Cl2N5O2S/c1-6(2)10-11(18-3)13(16)20(19-10)12-8(14)4-7(5-9(12)15)23(17,21)22/h4-6H,16H2,1-2H3,(H2,17,21,22). The van der Waals surface area contributed by atoms with Gasteiger partial charge in [-0.1, -0.05) is 37.0 Å². The summed E-state index contributed by atoms with van der Waals surface area (Å²) in [5.74, 6) is 0.0414. The van der Waals surface area contributed by atoms with Gasteiger partial charge in [-0.25, -0.2) is 23.1 Å². The smallest absolute Gasteiger partial charge is 0.250 e. The number of nitrogens with zero attached hydrogens (tertiary/aromatic N) is 3. The van der Waals surface area contributed by atoms with Crippen LogP contribution in [0, 0.1) is 6.57 Å². The summed E-state index contributed by atoms with van der Waals surface area (Å²) in [6.07, 6.45) is 0. The van der Waals surface area contributed by atoms with Crippen molar-refractivity contribution in [3.8, 4) is 5.69 Å². The van der Waals surface area contributed by atoms with Crippen LogP contribution in [0.3, 0.4) is 0 Å². The number of halogens is 2. The summed E-state index contributed by atoms with van der Waals surface area (Å²) in [7, 11) is -3.96. The van der Waals surface area contributed by atoms with Crippen LogP contribution in [0.5, 0.6) is 0 Å². The Morgan fingerprint density at radius 3 is 2.17 bits per heavy atom. The molecule has 0 fully saturated rings. The van der Waals surface area contributed by atoms with E-state index in [1.807, 2.05) is 13.8 Å². The summed E-state index contributed by atoms with van der Waals surface area (Å²) >= 11 is 12.3. The number of benzene rings is 1. The molecule has 122 valence electrons. The molecule has 7 nitrogen and oxygen atoms in total. The minimum atomic E-state index is -3.96. The second-order valence-corrected chi connectivity index (χ2v) is 7.45. The van der Waals surface area contributed by atoms with Gasteiger partial charge in [0.15, 0.2) is 0 Å². The topological polar surface area (TPSA) is 108 Å². The van der Waals surface area contributed by atoms with Crippen LogP contribution < -0.4 is 10.9 Å². The summed E-state index contributed by atoms with van der Waals surface area (Å²) in [6.45, 7) is 11.0. The van der Waals surface area contributed by atoms with Gasteiger partial charge in [0.25, 0.3) is 5.69 Å². The second-order valence-electron chi connectivity index (χ2n) is 5.08. The lowest BCUT2D eigenvalue weighted by atomic mass is 10.1. The zero-order valence-electron chi connectivity index (χ0n) is 12.2. The quantitative estimate of drug-likeness (QED) is 0.805. The molecule has 0 unspecified atom stereocenters. The van der Waals surface area contributed by atoms with E-state index in [-0.39, 0.29) is 38.1 Å². The molecule has 0 aliphatic heterocycles. The summed E-state index contributed by atoms with van der Waals surface area (Å²) in [4.78, 5) is 3.17. The lowest BCUT2D eigenvalue weighted by Crippen LogP contribution is -2.13. The second kappa shape index (κ2) is 6.02. The molecule has 2 rings (SSSR count). The van der Waals surface area contributed by atoms with E-state index in [2.05, 4.69) is 9.94 Å². The number of nitrogen functional groups attached to an aromatic ring is 1. The Morgan fingerprint density at radius 2 is 1.83 bits per heavy atom. The van der Waals surface area contributed by atoms with E-state index in [1.165, 1.54) is 4.68 Å². The van der Waals surface area contributed by atoms with Gasteiger partial charge in [0.2, 0.25) is 10.0 Å². The Balaban J connectivity index is 2.77. The maximum atomic E-state index is 11.4. The lowest BCUT2D eigenvalue weighted by Gasteiger charge is -2.11. The molecular weight excluding hydrogens is 361 g/mol. The molecule has 1 aromatic carbocycles. The van der Waals surface area contributed by atoms with Gasteiger partial charge in [0.1, 0.15) is 11.5 Å². The molecule has 4 N–H and O–H groups in total. The molecule has 0 aliphatic rings. The largest absolute Gasteiger partial charge is 0.392 e. The number of anilines is 1. The molecule has 2 aromatic rings. The molecular formula is C13H13Cl2N5O2S. The predicted molar refractivity (Wildman–Crippen MR) is 89.7 cm³/mol. The SMILES string of the molecule is [C-]#[N+]c1c(C(C)C)nn(-c2c(Cl)cc(S(N)(=O)=O)cc2Cl)c1N. The van der Waals surface area contributed by atoms with Crippen molar-refractivity contribution in [1.29, 1.82) is 0 Å². The molecule has 0 spiro atoms. The van der Waals surface area contributed by atoms with Gasteiger partial charge in [-0.3, -0.25) is 0 Å². The molecule has 10 heteroatoms. The molecule has 0 aliphatic carbocycles. The first kappa shape index (κ1) is 17.6. The van der Waals surface area contributed by atoms with Crippen molar-refractivity contribution in [3.63, 3.8) is 0 Å². The van der Waals surface area contributed by atoms with Crippen LogP contribution in [0.2, 0.25) is 10.0 Å². The van der Waals surface area contributed by atoms with Gasteiger partial charge >= 0.3 is 0 Å². The summed E-state index contributed by atoms with van der Waals surface area (Å²) in [5, 5.41) is 9.37. The molecule has 0 amide bonds. The van der Waals surface area contributed by atoms with E-state index in [4.69, 9.17) is 40.6 Å². The van der Waals surface area contributed by atoms with Crippen molar-refractivity contribution in [2.45, 2.75) is 24.7 Å². The van der Waals surface area contributed by atoms with Crippen molar-refractivity contribution in [1.82, 2.24) is 9.78 Å². The molecule has 0 radical (unpaired) electrons. The minimum absolute atomic E-state index is 0.00237. The summed E-state index contributed by atoms with van der Waals surface area (Å²) in [5.41, 5.74) is 6.87. The Morgan fingerprint density at radius 1 is 1.30 bits per heavy atom. The molecule has 0 bridgehead atoms. The first-order valence-corrected chi connectivity index (χ1v) is 8.66. The summed E-state index contributed by atoms with van der Waals surface area (Å²) in [6, 6.07) is 2.32. The Kier molecular flexibility index (Phi) is 4.59. The van der Waals surface area contributed by atoms with Crippen LogP contribution in [-0.4, -0.2) is 18.2 Å². The van der Waals surface area contributed by atoms with Crippen molar-refractivity contribution in [3.05, 3.63) is 39.3 Å². The zero-order chi connectivity index (χ0) is 17.5. The minimum Gasteiger partial charge on any atom is -0.392 e.